The number of aromatic amines is 1. The van der Waals surface area contributed by atoms with Crippen molar-refractivity contribution in [2.24, 2.45) is 0 Å². The third kappa shape index (κ3) is 0.605. The molecule has 0 saturated heterocycles. The van der Waals surface area contributed by atoms with Crippen LogP contribution < -0.4 is 10.1 Å². The zero-order valence-electron chi connectivity index (χ0n) is 6.42. The molecule has 0 saturated carbocycles. The van der Waals surface area contributed by atoms with Crippen LogP contribution in [0.4, 0.5) is 5.69 Å². The molecule has 2 aromatic rings. The van der Waals surface area contributed by atoms with Crippen LogP contribution in [0.5, 0.6) is 5.75 Å². The van der Waals surface area contributed by atoms with Gasteiger partial charge in [-0.3, -0.25) is 0 Å². The van der Waals surface area contributed by atoms with Crippen molar-refractivity contribution in [2.45, 2.75) is 0 Å². The zero-order valence-corrected chi connectivity index (χ0v) is 6.42. The Labute approximate surface area is 69.3 Å². The van der Waals surface area contributed by atoms with Gasteiger partial charge in [0.2, 0.25) is 0 Å². The van der Waals surface area contributed by atoms with Gasteiger partial charge in [-0.25, -0.2) is 0 Å². The van der Waals surface area contributed by atoms with Gasteiger partial charge in [0.05, 0.1) is 5.69 Å². The van der Waals surface area contributed by atoms with E-state index >= 15 is 0 Å². The SMILES string of the molecule is c1cc2c3c(ccc2[nH]1)OCN3. The maximum absolute atomic E-state index is 5.35. The highest BCUT2D eigenvalue weighted by Crippen LogP contribution is 2.35. The molecule has 1 aromatic heterocycles. The standard InChI is InChI=1S/C9H8N2O/c1-2-8-9(11-5-12-8)6-3-4-10-7(1)6/h1-4,10-11H,5H2. The van der Waals surface area contributed by atoms with Crippen molar-refractivity contribution in [3.05, 3.63) is 24.4 Å². The highest BCUT2D eigenvalue weighted by molar-refractivity contribution is 5.95. The fraction of sp³-hybridized carbons (Fsp3) is 0.111. The summed E-state index contributed by atoms with van der Waals surface area (Å²) in [5.41, 5.74) is 2.25. The van der Waals surface area contributed by atoms with Crippen LogP contribution in [0.3, 0.4) is 0 Å². The second-order valence-electron chi connectivity index (χ2n) is 2.84. The van der Waals surface area contributed by atoms with Crippen LogP contribution in [0.2, 0.25) is 0 Å². The van der Waals surface area contributed by atoms with Crippen molar-refractivity contribution < 1.29 is 4.74 Å². The second kappa shape index (κ2) is 1.94. The molecule has 0 aliphatic carbocycles. The van der Waals surface area contributed by atoms with Crippen molar-refractivity contribution >= 4 is 16.6 Å². The van der Waals surface area contributed by atoms with Gasteiger partial charge in [0.25, 0.3) is 0 Å². The van der Waals surface area contributed by atoms with Crippen molar-refractivity contribution in [2.75, 3.05) is 12.0 Å². The van der Waals surface area contributed by atoms with E-state index in [0.717, 1.165) is 17.0 Å². The number of H-pyrrole nitrogens is 1. The molecule has 1 aliphatic rings. The van der Waals surface area contributed by atoms with Crippen LogP contribution in [0, 0.1) is 0 Å². The maximum atomic E-state index is 5.35. The predicted octanol–water partition coefficient (Wildman–Crippen LogP) is 1.93. The Morgan fingerprint density at radius 1 is 1.25 bits per heavy atom. The summed E-state index contributed by atoms with van der Waals surface area (Å²) in [6.07, 6.45) is 1.94. The van der Waals surface area contributed by atoms with Gasteiger partial charge in [-0.1, -0.05) is 0 Å². The van der Waals surface area contributed by atoms with E-state index < -0.39 is 0 Å². The summed E-state index contributed by atoms with van der Waals surface area (Å²) in [6.45, 7) is 0.583. The number of ether oxygens (including phenoxy) is 1. The Balaban J connectivity index is 2.46. The fourth-order valence-electron chi connectivity index (χ4n) is 1.60. The first-order chi connectivity index (χ1) is 5.95. The van der Waals surface area contributed by atoms with Gasteiger partial charge >= 0.3 is 0 Å². The smallest absolute Gasteiger partial charge is 0.159 e. The third-order valence-electron chi connectivity index (χ3n) is 2.17. The molecule has 0 amide bonds. The minimum Gasteiger partial charge on any atom is -0.471 e. The molecular formula is C9H8N2O. The quantitative estimate of drug-likeness (QED) is 0.617. The molecule has 3 nitrogen and oxygen atoms in total. The molecule has 3 heteroatoms. The lowest BCUT2D eigenvalue weighted by molar-refractivity contribution is 0.372. The number of aromatic nitrogens is 1. The van der Waals surface area contributed by atoms with Crippen molar-refractivity contribution in [1.29, 1.82) is 0 Å². The van der Waals surface area contributed by atoms with E-state index in [-0.39, 0.29) is 0 Å². The average Bonchev–Trinajstić information content (AvgIpc) is 2.71. The molecule has 0 spiro atoms. The second-order valence-corrected chi connectivity index (χ2v) is 2.84. The number of benzene rings is 1. The summed E-state index contributed by atoms with van der Waals surface area (Å²) in [4.78, 5) is 3.15. The molecule has 0 fully saturated rings. The summed E-state index contributed by atoms with van der Waals surface area (Å²) in [7, 11) is 0. The molecule has 60 valence electrons. The minimum absolute atomic E-state index is 0.583. The van der Waals surface area contributed by atoms with Crippen LogP contribution in [-0.2, 0) is 0 Å². The Morgan fingerprint density at radius 2 is 2.25 bits per heavy atom. The Kier molecular flexibility index (Phi) is 0.961. The van der Waals surface area contributed by atoms with E-state index in [9.17, 15) is 0 Å². The normalized spacial score (nSPS) is 14.0. The summed E-state index contributed by atoms with van der Waals surface area (Å²) in [5, 5.41) is 4.39. The van der Waals surface area contributed by atoms with Crippen molar-refractivity contribution in [1.82, 2.24) is 4.98 Å². The number of rotatable bonds is 0. The Hall–Kier alpha value is -1.64. The van der Waals surface area contributed by atoms with Crippen LogP contribution in [0.15, 0.2) is 24.4 Å². The molecule has 12 heavy (non-hydrogen) atoms. The number of hydrogen-bond acceptors (Lipinski definition) is 2. The van der Waals surface area contributed by atoms with Gasteiger partial charge in [0, 0.05) is 17.1 Å². The van der Waals surface area contributed by atoms with E-state index in [1.54, 1.807) is 0 Å². The fourth-order valence-corrected chi connectivity index (χ4v) is 1.60. The number of anilines is 1. The number of nitrogens with one attached hydrogen (secondary N) is 2. The van der Waals surface area contributed by atoms with Gasteiger partial charge in [-0.15, -0.1) is 0 Å². The Bertz CT molecular complexity index is 433. The molecule has 0 atom stereocenters. The van der Waals surface area contributed by atoms with Gasteiger partial charge in [-0.05, 0) is 18.2 Å². The zero-order chi connectivity index (χ0) is 7.97. The van der Waals surface area contributed by atoms with Crippen molar-refractivity contribution in [3.8, 4) is 5.75 Å². The first-order valence-corrected chi connectivity index (χ1v) is 3.92. The first kappa shape index (κ1) is 5.94. The molecular weight excluding hydrogens is 152 g/mol. The molecule has 0 unspecified atom stereocenters. The first-order valence-electron chi connectivity index (χ1n) is 3.92. The molecule has 2 N–H and O–H groups in total. The van der Waals surface area contributed by atoms with Gasteiger partial charge < -0.3 is 15.0 Å². The average molecular weight is 160 g/mol. The Morgan fingerprint density at radius 3 is 3.25 bits per heavy atom. The maximum Gasteiger partial charge on any atom is 0.159 e. The van der Waals surface area contributed by atoms with E-state index in [1.165, 1.54) is 5.39 Å². The molecule has 1 aliphatic heterocycles. The summed E-state index contributed by atoms with van der Waals surface area (Å²) in [5.74, 6) is 0.946. The van der Waals surface area contributed by atoms with Crippen LogP contribution in [-0.4, -0.2) is 11.7 Å². The lowest BCUT2D eigenvalue weighted by atomic mass is 10.2. The summed E-state index contributed by atoms with van der Waals surface area (Å²) in [6, 6.07) is 6.06. The predicted molar refractivity (Wildman–Crippen MR) is 47.4 cm³/mol. The third-order valence-corrected chi connectivity index (χ3v) is 2.17. The minimum atomic E-state index is 0.583. The highest BCUT2D eigenvalue weighted by atomic mass is 16.5. The largest absolute Gasteiger partial charge is 0.471 e. The van der Waals surface area contributed by atoms with Gasteiger partial charge in [0.15, 0.2) is 6.73 Å². The molecule has 0 bridgehead atoms. The lowest BCUT2D eigenvalue weighted by Crippen LogP contribution is -1.96. The number of fused-ring (bicyclic) bond motifs is 3. The monoisotopic (exact) mass is 160 g/mol. The topological polar surface area (TPSA) is 37.0 Å². The molecule has 1 aromatic carbocycles. The number of hydrogen-bond donors (Lipinski definition) is 2. The van der Waals surface area contributed by atoms with E-state index in [2.05, 4.69) is 16.4 Å². The molecule has 2 heterocycles. The van der Waals surface area contributed by atoms with Gasteiger partial charge in [-0.2, -0.15) is 0 Å². The van der Waals surface area contributed by atoms with E-state index in [1.807, 2.05) is 18.3 Å². The van der Waals surface area contributed by atoms with Crippen LogP contribution >= 0.6 is 0 Å². The van der Waals surface area contributed by atoms with Crippen LogP contribution in [0.1, 0.15) is 0 Å². The van der Waals surface area contributed by atoms with E-state index in [4.69, 9.17) is 4.74 Å². The lowest BCUT2D eigenvalue weighted by Gasteiger charge is -1.97. The molecule has 0 radical (unpaired) electrons. The summed E-state index contributed by atoms with van der Waals surface area (Å²) >= 11 is 0. The van der Waals surface area contributed by atoms with E-state index in [0.29, 0.717) is 6.73 Å². The van der Waals surface area contributed by atoms with Crippen molar-refractivity contribution in [3.63, 3.8) is 0 Å². The molecule has 3 rings (SSSR count). The highest BCUT2D eigenvalue weighted by Gasteiger charge is 2.13. The van der Waals surface area contributed by atoms with Crippen LogP contribution in [0.25, 0.3) is 10.9 Å². The summed E-state index contributed by atoms with van der Waals surface area (Å²) < 4.78 is 5.35. The van der Waals surface area contributed by atoms with Gasteiger partial charge in [0.1, 0.15) is 5.75 Å².